The van der Waals surface area contributed by atoms with Gasteiger partial charge in [0.2, 0.25) is 0 Å². The van der Waals surface area contributed by atoms with E-state index in [1.54, 1.807) is 0 Å². The fraction of sp³-hybridized carbons (Fsp3) is 0.500. The third-order valence-corrected chi connectivity index (χ3v) is 7.70. The molecule has 1 aliphatic carbocycles. The van der Waals surface area contributed by atoms with E-state index in [2.05, 4.69) is 62.9 Å². The number of aromatic nitrogens is 3. The number of hydrogen-bond acceptors (Lipinski definition) is 6. The molecule has 3 aromatic heterocycles. The maximum Gasteiger partial charge on any atom is 0.0784 e. The first-order chi connectivity index (χ1) is 19.3. The summed E-state index contributed by atoms with van der Waals surface area (Å²) in [7, 11) is 0. The SMILES string of the molecule is C=Cc1c(/C=C\C)n(CCN2CCNCC2)c2c(CNCCCCN)nccc12.c1cnc2c(c1)CCCC2. The van der Waals surface area contributed by atoms with Gasteiger partial charge in [-0.05, 0) is 82.3 Å². The molecule has 210 valence electrons. The molecule has 3 aromatic rings. The number of nitrogens with zero attached hydrogens (tertiary/aromatic N) is 4. The van der Waals surface area contributed by atoms with Gasteiger partial charge in [-0.3, -0.25) is 14.9 Å². The van der Waals surface area contributed by atoms with Crippen LogP contribution in [0.25, 0.3) is 23.1 Å². The first kappa shape index (κ1) is 29.2. The molecule has 5 rings (SSSR count). The van der Waals surface area contributed by atoms with Gasteiger partial charge in [-0.1, -0.05) is 24.8 Å². The second kappa shape index (κ2) is 15.7. The first-order valence-electron chi connectivity index (χ1n) is 14.8. The largest absolute Gasteiger partial charge is 0.338 e. The van der Waals surface area contributed by atoms with Crippen molar-refractivity contribution in [2.24, 2.45) is 5.73 Å². The summed E-state index contributed by atoms with van der Waals surface area (Å²) in [6.45, 7) is 15.0. The molecule has 4 heterocycles. The van der Waals surface area contributed by atoms with Crippen LogP contribution in [-0.4, -0.2) is 65.2 Å². The average molecular weight is 530 g/mol. The number of hydrogen-bond donors (Lipinski definition) is 3. The van der Waals surface area contributed by atoms with E-state index in [1.807, 2.05) is 24.5 Å². The molecule has 7 heteroatoms. The second-order valence-corrected chi connectivity index (χ2v) is 10.4. The highest BCUT2D eigenvalue weighted by Crippen LogP contribution is 2.30. The summed E-state index contributed by atoms with van der Waals surface area (Å²) in [5.74, 6) is 0. The van der Waals surface area contributed by atoms with Crippen LogP contribution in [0.1, 0.15) is 60.8 Å². The monoisotopic (exact) mass is 529 g/mol. The molecule has 0 aromatic carbocycles. The summed E-state index contributed by atoms with van der Waals surface area (Å²) >= 11 is 0. The predicted molar refractivity (Wildman–Crippen MR) is 165 cm³/mol. The predicted octanol–water partition coefficient (Wildman–Crippen LogP) is 4.41. The second-order valence-electron chi connectivity index (χ2n) is 10.4. The number of rotatable bonds is 11. The molecule has 0 unspecified atom stereocenters. The molecule has 0 radical (unpaired) electrons. The minimum atomic E-state index is 0.750. The zero-order chi connectivity index (χ0) is 27.3. The van der Waals surface area contributed by atoms with Crippen LogP contribution in [0, 0.1) is 0 Å². The smallest absolute Gasteiger partial charge is 0.0784 e. The van der Waals surface area contributed by atoms with Crippen LogP contribution in [0.15, 0.2) is 43.2 Å². The Morgan fingerprint density at radius 1 is 1.08 bits per heavy atom. The lowest BCUT2D eigenvalue weighted by atomic mass is 9.96. The van der Waals surface area contributed by atoms with Crippen molar-refractivity contribution in [3.05, 3.63) is 71.5 Å². The van der Waals surface area contributed by atoms with Gasteiger partial charge in [0.15, 0.2) is 0 Å². The van der Waals surface area contributed by atoms with Crippen LogP contribution >= 0.6 is 0 Å². The molecule has 4 N–H and O–H groups in total. The van der Waals surface area contributed by atoms with E-state index in [4.69, 9.17) is 10.7 Å². The number of pyridine rings is 2. The number of nitrogens with one attached hydrogen (secondary N) is 2. The Balaban J connectivity index is 0.000000292. The van der Waals surface area contributed by atoms with Gasteiger partial charge in [0, 0.05) is 80.5 Å². The van der Waals surface area contributed by atoms with Gasteiger partial charge < -0.3 is 20.9 Å². The quantitative estimate of drug-likeness (QED) is 0.319. The molecule has 0 atom stereocenters. The van der Waals surface area contributed by atoms with E-state index >= 15 is 0 Å². The fourth-order valence-corrected chi connectivity index (χ4v) is 5.64. The lowest BCUT2D eigenvalue weighted by Crippen LogP contribution is -2.44. The average Bonchev–Trinajstić information content (AvgIpc) is 3.29. The topological polar surface area (TPSA) is 84.0 Å². The molecule has 39 heavy (non-hydrogen) atoms. The molecule has 0 spiro atoms. The van der Waals surface area contributed by atoms with Crippen LogP contribution < -0.4 is 16.4 Å². The van der Waals surface area contributed by atoms with Gasteiger partial charge in [0.1, 0.15) is 0 Å². The molecular weight excluding hydrogens is 482 g/mol. The Hall–Kier alpha value is -2.84. The zero-order valence-electron chi connectivity index (χ0n) is 23.8. The number of aryl methyl sites for hydroxylation is 2. The van der Waals surface area contributed by atoms with Crippen molar-refractivity contribution >= 4 is 23.1 Å². The number of allylic oxidation sites excluding steroid dienone is 1. The van der Waals surface area contributed by atoms with Gasteiger partial charge in [-0.25, -0.2) is 0 Å². The molecular formula is C32H47N7. The van der Waals surface area contributed by atoms with Crippen molar-refractivity contribution in [2.45, 2.75) is 58.5 Å². The molecule has 0 saturated carbocycles. The lowest BCUT2D eigenvalue weighted by molar-refractivity contribution is 0.233. The van der Waals surface area contributed by atoms with Gasteiger partial charge in [0.05, 0.1) is 11.2 Å². The van der Waals surface area contributed by atoms with Crippen LogP contribution in [0.4, 0.5) is 0 Å². The zero-order valence-corrected chi connectivity index (χ0v) is 23.8. The molecule has 1 fully saturated rings. The van der Waals surface area contributed by atoms with Gasteiger partial charge in [-0.2, -0.15) is 0 Å². The number of piperazine rings is 1. The van der Waals surface area contributed by atoms with Crippen LogP contribution in [0.3, 0.4) is 0 Å². The maximum absolute atomic E-state index is 5.61. The summed E-state index contributed by atoms with van der Waals surface area (Å²) in [5.41, 5.74) is 13.2. The van der Waals surface area contributed by atoms with Crippen molar-refractivity contribution < 1.29 is 0 Å². The van der Waals surface area contributed by atoms with Crippen LogP contribution in [0.5, 0.6) is 0 Å². The van der Waals surface area contributed by atoms with E-state index in [0.29, 0.717) is 0 Å². The van der Waals surface area contributed by atoms with Crippen molar-refractivity contribution in [1.82, 2.24) is 30.1 Å². The molecule has 2 aliphatic rings. The van der Waals surface area contributed by atoms with E-state index in [1.165, 1.54) is 59.1 Å². The summed E-state index contributed by atoms with van der Waals surface area (Å²) in [6, 6.07) is 6.35. The molecule has 0 bridgehead atoms. The highest BCUT2D eigenvalue weighted by atomic mass is 15.2. The van der Waals surface area contributed by atoms with Crippen molar-refractivity contribution in [3.63, 3.8) is 0 Å². The maximum atomic E-state index is 5.61. The van der Waals surface area contributed by atoms with E-state index in [0.717, 1.165) is 77.4 Å². The normalized spacial score (nSPS) is 15.7. The third-order valence-electron chi connectivity index (χ3n) is 7.70. The van der Waals surface area contributed by atoms with E-state index in [9.17, 15) is 0 Å². The van der Waals surface area contributed by atoms with Crippen LogP contribution in [-0.2, 0) is 25.9 Å². The highest BCUT2D eigenvalue weighted by Gasteiger charge is 2.18. The van der Waals surface area contributed by atoms with Gasteiger partial charge in [-0.15, -0.1) is 0 Å². The number of nitrogens with two attached hydrogens (primary N) is 1. The van der Waals surface area contributed by atoms with E-state index in [-0.39, 0.29) is 0 Å². The van der Waals surface area contributed by atoms with Crippen LogP contribution in [0.2, 0.25) is 0 Å². The Morgan fingerprint density at radius 3 is 2.69 bits per heavy atom. The highest BCUT2D eigenvalue weighted by molar-refractivity contribution is 5.94. The summed E-state index contributed by atoms with van der Waals surface area (Å²) in [4.78, 5) is 11.6. The Kier molecular flexibility index (Phi) is 11.7. The number of fused-ring (bicyclic) bond motifs is 2. The minimum absolute atomic E-state index is 0.750. The van der Waals surface area contributed by atoms with Crippen molar-refractivity contribution in [3.8, 4) is 0 Å². The van der Waals surface area contributed by atoms with E-state index < -0.39 is 0 Å². The summed E-state index contributed by atoms with van der Waals surface area (Å²) < 4.78 is 2.44. The summed E-state index contributed by atoms with van der Waals surface area (Å²) in [5, 5.41) is 8.22. The van der Waals surface area contributed by atoms with Crippen molar-refractivity contribution in [2.75, 3.05) is 45.8 Å². The minimum Gasteiger partial charge on any atom is -0.338 e. The van der Waals surface area contributed by atoms with Gasteiger partial charge >= 0.3 is 0 Å². The van der Waals surface area contributed by atoms with Gasteiger partial charge in [0.25, 0.3) is 0 Å². The Bertz CT molecular complexity index is 1180. The lowest BCUT2D eigenvalue weighted by Gasteiger charge is -2.27. The molecule has 7 nitrogen and oxygen atoms in total. The molecule has 1 saturated heterocycles. The molecule has 0 amide bonds. The third kappa shape index (κ3) is 7.85. The van der Waals surface area contributed by atoms with Crippen molar-refractivity contribution in [1.29, 1.82) is 0 Å². The standard InChI is InChI=1S/C23H36N6.C9H11N/c1-3-7-22-19(4-2)20-8-11-27-21(18-26-10-6-5-9-24)23(20)29(22)17-16-28-14-12-25-13-15-28;1-2-6-9-8(4-1)5-3-7-10-9/h3-4,7-8,11,25-26H,2,5-6,9-10,12-18,24H2,1H3;3,5,7H,1-2,4,6H2/b7-3-;. The summed E-state index contributed by atoms with van der Waals surface area (Å²) in [6.07, 6.45) is 17.4. The number of unbranched alkanes of at least 4 members (excludes halogenated alkanes) is 1. The molecule has 1 aliphatic heterocycles. The Labute approximate surface area is 234 Å². The fourth-order valence-electron chi connectivity index (χ4n) is 5.64. The first-order valence-corrected chi connectivity index (χ1v) is 14.8. The Morgan fingerprint density at radius 2 is 1.92 bits per heavy atom.